The molecule has 8 nitrogen and oxygen atoms in total. The first-order chi connectivity index (χ1) is 12.9. The Morgan fingerprint density at radius 1 is 1.33 bits per heavy atom. The van der Waals surface area contributed by atoms with Gasteiger partial charge in [0.2, 0.25) is 0 Å². The van der Waals surface area contributed by atoms with Gasteiger partial charge in [-0.15, -0.1) is 0 Å². The summed E-state index contributed by atoms with van der Waals surface area (Å²) in [7, 11) is 7.10. The normalized spacial score (nSPS) is 16.5. The average molecular weight is 373 g/mol. The molecule has 1 aliphatic heterocycles. The highest BCUT2D eigenvalue weighted by Crippen LogP contribution is 2.18. The van der Waals surface area contributed by atoms with Crippen LogP contribution in [0.2, 0.25) is 0 Å². The molecule has 1 aromatic heterocycles. The molecule has 0 saturated carbocycles. The Bertz CT molecular complexity index is 839. The van der Waals surface area contributed by atoms with Gasteiger partial charge in [-0.1, -0.05) is 0 Å². The molecule has 3 amide bonds. The first kappa shape index (κ1) is 19.2. The van der Waals surface area contributed by atoms with Gasteiger partial charge in [0.15, 0.2) is 0 Å². The number of ether oxygens (including phenoxy) is 1. The Hall–Kier alpha value is -2.61. The van der Waals surface area contributed by atoms with E-state index in [0.29, 0.717) is 18.7 Å². The number of benzene rings is 1. The largest absolute Gasteiger partial charge is 0.376 e. The number of urea groups is 1. The number of carbonyl (C=O) groups is 2. The van der Waals surface area contributed by atoms with Gasteiger partial charge in [-0.25, -0.2) is 9.78 Å². The smallest absolute Gasteiger partial charge is 0.317 e. The van der Waals surface area contributed by atoms with Gasteiger partial charge in [-0.3, -0.25) is 4.79 Å². The van der Waals surface area contributed by atoms with E-state index in [1.165, 1.54) is 4.90 Å². The van der Waals surface area contributed by atoms with E-state index in [1.54, 1.807) is 38.2 Å². The molecule has 146 valence electrons. The van der Waals surface area contributed by atoms with Crippen molar-refractivity contribution in [1.29, 1.82) is 0 Å². The van der Waals surface area contributed by atoms with Crippen molar-refractivity contribution in [2.45, 2.75) is 25.5 Å². The number of nitrogens with zero attached hydrogens (tertiary/aromatic N) is 4. The molecule has 2 aromatic rings. The van der Waals surface area contributed by atoms with E-state index in [4.69, 9.17) is 4.74 Å². The minimum Gasteiger partial charge on any atom is -0.376 e. The lowest BCUT2D eigenvalue weighted by Gasteiger charge is -2.19. The van der Waals surface area contributed by atoms with Gasteiger partial charge in [-0.2, -0.15) is 0 Å². The average Bonchev–Trinajstić information content (AvgIpc) is 3.27. The zero-order valence-electron chi connectivity index (χ0n) is 16.4. The molecule has 1 N–H and O–H groups in total. The number of rotatable bonds is 5. The molecule has 2 heterocycles. The Balaban J connectivity index is 1.69. The molecule has 1 aliphatic rings. The van der Waals surface area contributed by atoms with Gasteiger partial charge in [0.25, 0.3) is 5.91 Å². The van der Waals surface area contributed by atoms with Crippen LogP contribution in [-0.2, 0) is 18.3 Å². The van der Waals surface area contributed by atoms with Gasteiger partial charge >= 0.3 is 6.03 Å². The summed E-state index contributed by atoms with van der Waals surface area (Å²) in [6.07, 6.45) is 2.16. The maximum atomic E-state index is 12.3. The highest BCUT2D eigenvalue weighted by atomic mass is 16.5. The van der Waals surface area contributed by atoms with Crippen LogP contribution in [0.3, 0.4) is 0 Å². The van der Waals surface area contributed by atoms with E-state index < -0.39 is 0 Å². The van der Waals surface area contributed by atoms with Gasteiger partial charge in [0, 0.05) is 46.9 Å². The van der Waals surface area contributed by atoms with Crippen LogP contribution in [0.4, 0.5) is 4.79 Å². The van der Waals surface area contributed by atoms with Crippen LogP contribution in [0.25, 0.3) is 11.0 Å². The van der Waals surface area contributed by atoms with E-state index in [-0.39, 0.29) is 18.0 Å². The molecule has 1 saturated heterocycles. The predicted molar refractivity (Wildman–Crippen MR) is 103 cm³/mol. The monoisotopic (exact) mass is 373 g/mol. The summed E-state index contributed by atoms with van der Waals surface area (Å²) in [4.78, 5) is 32.2. The molecule has 1 aromatic carbocycles. The fourth-order valence-electron chi connectivity index (χ4n) is 3.21. The second kappa shape index (κ2) is 7.96. The number of imidazole rings is 1. The Morgan fingerprint density at radius 3 is 2.78 bits per heavy atom. The number of hydrogen-bond acceptors (Lipinski definition) is 4. The number of nitrogens with one attached hydrogen (secondary N) is 1. The maximum absolute atomic E-state index is 12.3. The predicted octanol–water partition coefficient (Wildman–Crippen LogP) is 1.60. The molecule has 1 unspecified atom stereocenters. The number of hydrogen-bond donors (Lipinski definition) is 1. The van der Waals surface area contributed by atoms with Crippen molar-refractivity contribution in [3.05, 3.63) is 29.6 Å². The topological polar surface area (TPSA) is 79.7 Å². The summed E-state index contributed by atoms with van der Waals surface area (Å²) >= 11 is 0. The van der Waals surface area contributed by atoms with Gasteiger partial charge in [0.05, 0.1) is 23.7 Å². The van der Waals surface area contributed by atoms with Crippen LogP contribution in [-0.4, -0.2) is 71.7 Å². The molecule has 0 aliphatic carbocycles. The lowest BCUT2D eigenvalue weighted by atomic mass is 10.2. The molecule has 1 atom stereocenters. The van der Waals surface area contributed by atoms with Crippen LogP contribution in [0.1, 0.15) is 29.0 Å². The third-order valence-corrected chi connectivity index (χ3v) is 4.86. The minimum absolute atomic E-state index is 0.0604. The summed E-state index contributed by atoms with van der Waals surface area (Å²) < 4.78 is 7.47. The summed E-state index contributed by atoms with van der Waals surface area (Å²) in [6, 6.07) is 5.33. The van der Waals surface area contributed by atoms with Crippen LogP contribution in [0, 0.1) is 0 Å². The lowest BCUT2D eigenvalue weighted by molar-refractivity contribution is 0.0827. The number of fused-ring (bicyclic) bond motifs is 1. The molecule has 0 spiro atoms. The van der Waals surface area contributed by atoms with Crippen molar-refractivity contribution >= 4 is 23.0 Å². The summed E-state index contributed by atoms with van der Waals surface area (Å²) in [5, 5.41) is 2.91. The van der Waals surface area contributed by atoms with Crippen LogP contribution in [0.15, 0.2) is 18.2 Å². The molecule has 8 heteroatoms. The standard InChI is InChI=1S/C19H27N5O3/c1-22(2)18(25)13-7-8-16-15(10-13)21-17(24(16)4)12-23(3)19(26)20-11-14-6-5-9-27-14/h7-8,10,14H,5-6,9,11-12H2,1-4H3,(H,20,26). The molecule has 27 heavy (non-hydrogen) atoms. The van der Waals surface area contributed by atoms with Crippen molar-refractivity contribution in [1.82, 2.24) is 24.7 Å². The summed E-state index contributed by atoms with van der Waals surface area (Å²) in [6.45, 7) is 1.68. The van der Waals surface area contributed by atoms with E-state index in [1.807, 2.05) is 17.7 Å². The van der Waals surface area contributed by atoms with E-state index >= 15 is 0 Å². The molecule has 0 radical (unpaired) electrons. The highest BCUT2D eigenvalue weighted by molar-refractivity contribution is 5.97. The maximum Gasteiger partial charge on any atom is 0.317 e. The number of amides is 3. The molecular weight excluding hydrogens is 346 g/mol. The van der Waals surface area contributed by atoms with Crippen molar-refractivity contribution in [2.24, 2.45) is 7.05 Å². The fourth-order valence-corrected chi connectivity index (χ4v) is 3.21. The van der Waals surface area contributed by atoms with Crippen LogP contribution >= 0.6 is 0 Å². The van der Waals surface area contributed by atoms with E-state index in [0.717, 1.165) is 36.3 Å². The summed E-state index contributed by atoms with van der Waals surface area (Å²) in [5.74, 6) is 0.698. The fraction of sp³-hybridized carbons (Fsp3) is 0.526. The van der Waals surface area contributed by atoms with E-state index in [2.05, 4.69) is 10.3 Å². The minimum atomic E-state index is -0.152. The molecule has 1 fully saturated rings. The van der Waals surface area contributed by atoms with Gasteiger partial charge < -0.3 is 24.4 Å². The van der Waals surface area contributed by atoms with Crippen molar-refractivity contribution in [3.63, 3.8) is 0 Å². The number of aryl methyl sites for hydroxylation is 1. The molecule has 0 bridgehead atoms. The summed E-state index contributed by atoms with van der Waals surface area (Å²) in [5.41, 5.74) is 2.27. The molecular formula is C19H27N5O3. The third kappa shape index (κ3) is 4.21. The van der Waals surface area contributed by atoms with Gasteiger partial charge in [-0.05, 0) is 31.0 Å². The zero-order valence-corrected chi connectivity index (χ0v) is 16.4. The Morgan fingerprint density at radius 2 is 2.11 bits per heavy atom. The van der Waals surface area contributed by atoms with E-state index in [9.17, 15) is 9.59 Å². The van der Waals surface area contributed by atoms with Crippen LogP contribution in [0.5, 0.6) is 0 Å². The molecule has 3 rings (SSSR count). The first-order valence-electron chi connectivity index (χ1n) is 9.14. The van der Waals surface area contributed by atoms with Crippen molar-refractivity contribution in [2.75, 3.05) is 34.3 Å². The quantitative estimate of drug-likeness (QED) is 0.863. The number of carbonyl (C=O) groups excluding carboxylic acids is 2. The SMILES string of the molecule is CN(C)C(=O)c1ccc2c(c1)nc(CN(C)C(=O)NCC1CCCO1)n2C. The Labute approximate surface area is 159 Å². The number of aromatic nitrogens is 2. The van der Waals surface area contributed by atoms with Crippen LogP contribution < -0.4 is 5.32 Å². The van der Waals surface area contributed by atoms with Crippen molar-refractivity contribution in [3.8, 4) is 0 Å². The zero-order chi connectivity index (χ0) is 19.6. The Kier molecular flexibility index (Phi) is 5.65. The third-order valence-electron chi connectivity index (χ3n) is 4.86. The van der Waals surface area contributed by atoms with Gasteiger partial charge in [0.1, 0.15) is 5.82 Å². The first-order valence-corrected chi connectivity index (χ1v) is 9.14. The lowest BCUT2D eigenvalue weighted by Crippen LogP contribution is -2.40. The second-order valence-electron chi connectivity index (χ2n) is 7.17. The second-order valence-corrected chi connectivity index (χ2v) is 7.17. The van der Waals surface area contributed by atoms with Crippen molar-refractivity contribution < 1.29 is 14.3 Å². The highest BCUT2D eigenvalue weighted by Gasteiger charge is 2.19.